The Morgan fingerprint density at radius 3 is 2.28 bits per heavy atom. The summed E-state index contributed by atoms with van der Waals surface area (Å²) in [6.07, 6.45) is 12.1. The van der Waals surface area contributed by atoms with E-state index >= 15 is 0 Å². The first-order valence-electron chi connectivity index (χ1n) is 17.3. The van der Waals surface area contributed by atoms with Gasteiger partial charge >= 0.3 is 0 Å². The number of rotatable bonds is 13. The minimum Gasteiger partial charge on any atom is -0.300 e. The molecule has 3 heteroatoms. The van der Waals surface area contributed by atoms with Crippen LogP contribution in [0.25, 0.3) is 0 Å². The summed E-state index contributed by atoms with van der Waals surface area (Å²) in [6, 6.07) is 9.43. The van der Waals surface area contributed by atoms with Gasteiger partial charge in [-0.3, -0.25) is 14.4 Å². The summed E-state index contributed by atoms with van der Waals surface area (Å²) < 4.78 is 0. The monoisotopic (exact) mass is 586 g/mol. The molecule has 4 rings (SSSR count). The van der Waals surface area contributed by atoms with Crippen LogP contribution in [0.5, 0.6) is 0 Å². The first-order valence-corrected chi connectivity index (χ1v) is 17.3. The van der Waals surface area contributed by atoms with Crippen molar-refractivity contribution in [3.63, 3.8) is 0 Å². The van der Waals surface area contributed by atoms with Gasteiger partial charge in [0, 0.05) is 17.9 Å². The summed E-state index contributed by atoms with van der Waals surface area (Å²) in [5.74, 6) is 1.07. The maximum absolute atomic E-state index is 13.8. The van der Waals surface area contributed by atoms with Crippen molar-refractivity contribution < 1.29 is 14.4 Å². The molecule has 0 saturated heterocycles. The fourth-order valence-corrected chi connectivity index (χ4v) is 7.72. The average molecular weight is 587 g/mol. The highest BCUT2D eigenvalue weighted by atomic mass is 16.1. The molecule has 2 aromatic carbocycles. The van der Waals surface area contributed by atoms with Crippen molar-refractivity contribution in [2.45, 2.75) is 145 Å². The molecule has 0 aliphatic heterocycles. The molecule has 43 heavy (non-hydrogen) atoms. The number of hydrogen-bond acceptors (Lipinski definition) is 3. The molecular formula is C40H58O3. The Morgan fingerprint density at radius 1 is 0.953 bits per heavy atom. The van der Waals surface area contributed by atoms with Gasteiger partial charge < -0.3 is 0 Å². The maximum atomic E-state index is 13.8. The minimum absolute atomic E-state index is 0.0378. The molecule has 2 aliphatic rings. The van der Waals surface area contributed by atoms with Crippen molar-refractivity contribution >= 4 is 17.3 Å². The molecule has 2 aliphatic carbocycles. The molecule has 3 atom stereocenters. The van der Waals surface area contributed by atoms with Gasteiger partial charge in [0.25, 0.3) is 0 Å². The summed E-state index contributed by atoms with van der Waals surface area (Å²) in [7, 11) is 0. The van der Waals surface area contributed by atoms with Crippen LogP contribution in [-0.2, 0) is 41.7 Å². The van der Waals surface area contributed by atoms with E-state index in [0.29, 0.717) is 12.3 Å². The lowest BCUT2D eigenvalue weighted by Gasteiger charge is -2.33. The van der Waals surface area contributed by atoms with Crippen molar-refractivity contribution in [2.24, 2.45) is 17.8 Å². The van der Waals surface area contributed by atoms with Gasteiger partial charge in [0.05, 0.1) is 6.42 Å². The Bertz CT molecular complexity index is 1270. The zero-order valence-electron chi connectivity index (χ0n) is 28.5. The van der Waals surface area contributed by atoms with E-state index in [4.69, 9.17) is 0 Å². The molecule has 0 radical (unpaired) electrons. The first-order chi connectivity index (χ1) is 20.5. The molecule has 0 fully saturated rings. The Balaban J connectivity index is 0.00000162. The van der Waals surface area contributed by atoms with E-state index in [1.54, 1.807) is 0 Å². The third-order valence-corrected chi connectivity index (χ3v) is 9.69. The molecule has 3 nitrogen and oxygen atoms in total. The fraction of sp³-hybridized carbons (Fsp3) is 0.625. The number of carbonyl (C=O) groups excluding carboxylic acids is 3. The minimum atomic E-state index is -0.0896. The van der Waals surface area contributed by atoms with Gasteiger partial charge in [-0.25, -0.2) is 0 Å². The van der Waals surface area contributed by atoms with E-state index < -0.39 is 0 Å². The van der Waals surface area contributed by atoms with Crippen molar-refractivity contribution in [3.05, 3.63) is 68.8 Å². The summed E-state index contributed by atoms with van der Waals surface area (Å²) >= 11 is 0. The van der Waals surface area contributed by atoms with Gasteiger partial charge in [-0.2, -0.15) is 0 Å². The number of fused-ring (bicyclic) bond motifs is 2. The van der Waals surface area contributed by atoms with E-state index in [0.717, 1.165) is 50.5 Å². The molecule has 0 heterocycles. The second kappa shape index (κ2) is 16.5. The zero-order valence-corrected chi connectivity index (χ0v) is 28.5. The quantitative estimate of drug-likeness (QED) is 0.219. The van der Waals surface area contributed by atoms with Crippen LogP contribution in [-0.4, -0.2) is 17.3 Å². The molecule has 0 bridgehead atoms. The van der Waals surface area contributed by atoms with Crippen LogP contribution in [0.4, 0.5) is 0 Å². The lowest BCUT2D eigenvalue weighted by molar-refractivity contribution is -0.129. The van der Waals surface area contributed by atoms with Gasteiger partial charge in [0.2, 0.25) is 0 Å². The van der Waals surface area contributed by atoms with E-state index in [9.17, 15) is 14.4 Å². The van der Waals surface area contributed by atoms with Crippen LogP contribution < -0.4 is 0 Å². The van der Waals surface area contributed by atoms with Gasteiger partial charge in [-0.1, -0.05) is 85.1 Å². The molecule has 0 saturated carbocycles. The largest absolute Gasteiger partial charge is 0.300 e. The van der Waals surface area contributed by atoms with Crippen molar-refractivity contribution in [2.75, 3.05) is 0 Å². The van der Waals surface area contributed by atoms with Gasteiger partial charge in [-0.05, 0) is 122 Å². The number of ketones is 3. The maximum Gasteiger partial charge on any atom is 0.163 e. The summed E-state index contributed by atoms with van der Waals surface area (Å²) in [4.78, 5) is 38.4. The van der Waals surface area contributed by atoms with Crippen LogP contribution in [0.3, 0.4) is 0 Å². The number of carbonyl (C=O) groups is 3. The molecule has 0 amide bonds. The van der Waals surface area contributed by atoms with Crippen molar-refractivity contribution in [3.8, 4) is 0 Å². The third kappa shape index (κ3) is 8.99. The van der Waals surface area contributed by atoms with Crippen LogP contribution in [0, 0.1) is 24.7 Å². The number of aryl methyl sites for hydroxylation is 4. The SMILES string of the molecule is CCC.CCCC(CC1CC(=O)c2c(C)c(CCc3ccc4c(c3)CCC4)cc(C(C)C)c2C1)C(CC)C(=O)CC(C)=O. The molecule has 0 aromatic heterocycles. The summed E-state index contributed by atoms with van der Waals surface area (Å²) in [6.45, 7) is 16.6. The number of Topliss-reactive ketones (excluding diaryl/α,β-unsaturated/α-hetero) is 3. The highest BCUT2D eigenvalue weighted by Gasteiger charge is 2.34. The molecule has 0 N–H and O–H groups in total. The Hall–Kier alpha value is -2.55. The second-order valence-electron chi connectivity index (χ2n) is 13.8. The first kappa shape index (κ1) is 34.9. The number of hydrogen-bond donors (Lipinski definition) is 0. The van der Waals surface area contributed by atoms with Crippen molar-refractivity contribution in [1.29, 1.82) is 0 Å². The lowest BCUT2D eigenvalue weighted by Crippen LogP contribution is -2.30. The third-order valence-electron chi connectivity index (χ3n) is 9.69. The zero-order chi connectivity index (χ0) is 31.7. The van der Waals surface area contributed by atoms with Crippen molar-refractivity contribution in [1.82, 2.24) is 0 Å². The molecule has 236 valence electrons. The van der Waals surface area contributed by atoms with Crippen LogP contribution in [0.2, 0.25) is 0 Å². The van der Waals surface area contributed by atoms with Gasteiger partial charge in [0.1, 0.15) is 11.6 Å². The van der Waals surface area contributed by atoms with Crippen LogP contribution in [0.15, 0.2) is 24.3 Å². The highest BCUT2D eigenvalue weighted by Crippen LogP contribution is 2.40. The Morgan fingerprint density at radius 2 is 1.65 bits per heavy atom. The predicted octanol–water partition coefficient (Wildman–Crippen LogP) is 9.93. The standard InChI is InChI=1S/C37H50O3.C3H8/c1-7-10-31(32(8-2)35(39)17-24(5)38)19-27-20-34-33(23(3)4)22-29(25(6)37(34)36(40)21-27)16-14-26-13-15-28-11-9-12-30(28)18-26;1-3-2/h13,15,18,22-23,27,31-32H,7-12,14,16-17,19-21H2,1-6H3;3H2,1-2H3. The Kier molecular flexibility index (Phi) is 13.4. The van der Waals surface area contributed by atoms with E-state index in [2.05, 4.69) is 72.7 Å². The van der Waals surface area contributed by atoms with E-state index in [-0.39, 0.29) is 41.5 Å². The van der Waals surface area contributed by atoms with Crippen LogP contribution >= 0.6 is 0 Å². The molecule has 2 aromatic rings. The van der Waals surface area contributed by atoms with Crippen LogP contribution in [0.1, 0.15) is 155 Å². The topological polar surface area (TPSA) is 51.2 Å². The average Bonchev–Trinajstić information content (AvgIpc) is 3.41. The van der Waals surface area contributed by atoms with E-state index in [1.807, 2.05) is 0 Å². The van der Waals surface area contributed by atoms with Gasteiger partial charge in [-0.15, -0.1) is 0 Å². The highest BCUT2D eigenvalue weighted by molar-refractivity contribution is 6.01. The normalized spacial score (nSPS) is 17.1. The second-order valence-corrected chi connectivity index (χ2v) is 13.8. The fourth-order valence-electron chi connectivity index (χ4n) is 7.72. The molecule has 0 spiro atoms. The van der Waals surface area contributed by atoms with Gasteiger partial charge in [0.15, 0.2) is 5.78 Å². The van der Waals surface area contributed by atoms with E-state index in [1.165, 1.54) is 71.6 Å². The molecule has 3 unspecified atom stereocenters. The predicted molar refractivity (Wildman–Crippen MR) is 180 cm³/mol. The molecular weight excluding hydrogens is 528 g/mol. The lowest BCUT2D eigenvalue weighted by atomic mass is 9.70. The smallest absolute Gasteiger partial charge is 0.163 e. The summed E-state index contributed by atoms with van der Waals surface area (Å²) in [5, 5.41) is 0. The number of benzene rings is 2. The Labute approximate surface area is 262 Å². The summed E-state index contributed by atoms with van der Waals surface area (Å²) in [5.41, 5.74) is 10.5.